The standard InChI is InChI=1S/C13H19NO2S/c1-11(2)14(8-9-15)13(16)10-17-12-6-4-3-5-7-12/h3-7,11,15H,8-10H2,1-2H3. The molecule has 0 spiro atoms. The zero-order chi connectivity index (χ0) is 12.7. The van der Waals surface area contributed by atoms with Crippen molar-refractivity contribution in [2.24, 2.45) is 0 Å². The van der Waals surface area contributed by atoms with E-state index in [9.17, 15) is 4.79 Å². The quantitative estimate of drug-likeness (QED) is 0.788. The summed E-state index contributed by atoms with van der Waals surface area (Å²) >= 11 is 1.53. The van der Waals surface area contributed by atoms with Gasteiger partial charge in [-0.1, -0.05) is 18.2 Å². The second-order valence-electron chi connectivity index (χ2n) is 4.01. The number of thioether (sulfide) groups is 1. The average Bonchev–Trinajstić information content (AvgIpc) is 2.34. The Labute approximate surface area is 107 Å². The van der Waals surface area contributed by atoms with Crippen molar-refractivity contribution < 1.29 is 9.90 Å². The number of aliphatic hydroxyl groups excluding tert-OH is 1. The fourth-order valence-electron chi connectivity index (χ4n) is 1.52. The van der Waals surface area contributed by atoms with Crippen molar-refractivity contribution in [2.45, 2.75) is 24.8 Å². The predicted octanol–water partition coefficient (Wildman–Crippen LogP) is 2.01. The molecular weight excluding hydrogens is 234 g/mol. The van der Waals surface area contributed by atoms with Crippen molar-refractivity contribution in [1.82, 2.24) is 4.90 Å². The Morgan fingerprint density at radius 2 is 2.00 bits per heavy atom. The van der Waals surface area contributed by atoms with E-state index in [0.717, 1.165) is 4.90 Å². The maximum atomic E-state index is 11.9. The Hall–Kier alpha value is -1.00. The fraction of sp³-hybridized carbons (Fsp3) is 0.462. The highest BCUT2D eigenvalue weighted by molar-refractivity contribution is 8.00. The topological polar surface area (TPSA) is 40.5 Å². The minimum atomic E-state index is 0.0138. The van der Waals surface area contributed by atoms with Crippen LogP contribution in [0.2, 0.25) is 0 Å². The summed E-state index contributed by atoms with van der Waals surface area (Å²) in [7, 11) is 0. The summed E-state index contributed by atoms with van der Waals surface area (Å²) in [5.41, 5.74) is 0. The Balaban J connectivity index is 2.47. The van der Waals surface area contributed by atoms with Crippen LogP contribution in [0.25, 0.3) is 0 Å². The molecule has 0 aromatic heterocycles. The molecule has 17 heavy (non-hydrogen) atoms. The number of carbonyl (C=O) groups is 1. The minimum absolute atomic E-state index is 0.0138. The second-order valence-corrected chi connectivity index (χ2v) is 5.05. The second kappa shape index (κ2) is 7.35. The van der Waals surface area contributed by atoms with Gasteiger partial charge < -0.3 is 10.0 Å². The molecule has 0 saturated carbocycles. The first-order valence-electron chi connectivity index (χ1n) is 5.73. The molecule has 0 radical (unpaired) electrons. The van der Waals surface area contributed by atoms with E-state index in [1.165, 1.54) is 11.8 Å². The van der Waals surface area contributed by atoms with Gasteiger partial charge in [-0.2, -0.15) is 0 Å². The lowest BCUT2D eigenvalue weighted by Crippen LogP contribution is -2.40. The van der Waals surface area contributed by atoms with Crippen LogP contribution in [-0.4, -0.2) is 40.9 Å². The van der Waals surface area contributed by atoms with Crippen LogP contribution in [0.1, 0.15) is 13.8 Å². The van der Waals surface area contributed by atoms with Gasteiger partial charge in [-0.3, -0.25) is 4.79 Å². The smallest absolute Gasteiger partial charge is 0.233 e. The van der Waals surface area contributed by atoms with E-state index in [1.807, 2.05) is 44.2 Å². The molecule has 1 N–H and O–H groups in total. The zero-order valence-corrected chi connectivity index (χ0v) is 11.1. The normalized spacial score (nSPS) is 10.6. The van der Waals surface area contributed by atoms with Crippen molar-refractivity contribution >= 4 is 17.7 Å². The van der Waals surface area contributed by atoms with E-state index in [4.69, 9.17) is 5.11 Å². The Bertz CT molecular complexity index is 341. The molecule has 0 aliphatic heterocycles. The van der Waals surface area contributed by atoms with E-state index in [0.29, 0.717) is 12.3 Å². The molecule has 0 saturated heterocycles. The third-order valence-electron chi connectivity index (χ3n) is 2.39. The molecule has 0 bridgehead atoms. The number of hydrogen-bond donors (Lipinski definition) is 1. The molecular formula is C13H19NO2S. The summed E-state index contributed by atoms with van der Waals surface area (Å²) in [5.74, 6) is 0.491. The number of hydrogen-bond acceptors (Lipinski definition) is 3. The van der Waals surface area contributed by atoms with Gasteiger partial charge in [0.15, 0.2) is 0 Å². The Kier molecular flexibility index (Phi) is 6.08. The lowest BCUT2D eigenvalue weighted by molar-refractivity contribution is -0.130. The van der Waals surface area contributed by atoms with Crippen LogP contribution in [0, 0.1) is 0 Å². The first-order valence-corrected chi connectivity index (χ1v) is 6.72. The van der Waals surface area contributed by atoms with Crippen molar-refractivity contribution in [3.8, 4) is 0 Å². The SMILES string of the molecule is CC(C)N(CCO)C(=O)CSc1ccccc1. The summed E-state index contributed by atoms with van der Waals surface area (Å²) in [6.07, 6.45) is 0. The summed E-state index contributed by atoms with van der Waals surface area (Å²) in [5, 5.41) is 8.92. The highest BCUT2D eigenvalue weighted by Crippen LogP contribution is 2.17. The van der Waals surface area contributed by atoms with Gasteiger partial charge in [0.1, 0.15) is 0 Å². The summed E-state index contributed by atoms with van der Waals surface area (Å²) in [4.78, 5) is 14.7. The number of nitrogens with zero attached hydrogens (tertiary/aromatic N) is 1. The van der Waals surface area contributed by atoms with Gasteiger partial charge in [-0.05, 0) is 26.0 Å². The molecule has 1 aromatic carbocycles. The first-order chi connectivity index (χ1) is 8.15. The molecule has 0 fully saturated rings. The van der Waals surface area contributed by atoms with Gasteiger partial charge in [-0.25, -0.2) is 0 Å². The number of aliphatic hydroxyl groups is 1. The molecule has 1 rings (SSSR count). The van der Waals surface area contributed by atoms with Gasteiger partial charge in [0.05, 0.1) is 12.4 Å². The van der Waals surface area contributed by atoms with Crippen molar-refractivity contribution in [2.75, 3.05) is 18.9 Å². The summed E-state index contributed by atoms with van der Waals surface area (Å²) < 4.78 is 0. The minimum Gasteiger partial charge on any atom is -0.395 e. The maximum Gasteiger partial charge on any atom is 0.233 e. The lowest BCUT2D eigenvalue weighted by atomic mass is 10.3. The van der Waals surface area contributed by atoms with Gasteiger partial charge in [0.25, 0.3) is 0 Å². The van der Waals surface area contributed by atoms with Crippen molar-refractivity contribution in [3.05, 3.63) is 30.3 Å². The highest BCUT2D eigenvalue weighted by atomic mass is 32.2. The largest absolute Gasteiger partial charge is 0.395 e. The van der Waals surface area contributed by atoms with Crippen LogP contribution in [0.4, 0.5) is 0 Å². The first kappa shape index (κ1) is 14.1. The van der Waals surface area contributed by atoms with Crippen LogP contribution in [0.3, 0.4) is 0 Å². The Morgan fingerprint density at radius 1 is 1.35 bits per heavy atom. The van der Waals surface area contributed by atoms with Crippen LogP contribution >= 0.6 is 11.8 Å². The predicted molar refractivity (Wildman–Crippen MR) is 71.1 cm³/mol. The molecule has 1 amide bonds. The number of rotatable bonds is 6. The molecule has 0 heterocycles. The molecule has 94 valence electrons. The van der Waals surface area contributed by atoms with E-state index < -0.39 is 0 Å². The maximum absolute atomic E-state index is 11.9. The van der Waals surface area contributed by atoms with Crippen molar-refractivity contribution in [3.63, 3.8) is 0 Å². The van der Waals surface area contributed by atoms with Crippen LogP contribution in [-0.2, 0) is 4.79 Å². The van der Waals surface area contributed by atoms with Crippen LogP contribution < -0.4 is 0 Å². The number of carbonyl (C=O) groups excluding carboxylic acids is 1. The van der Waals surface area contributed by atoms with E-state index in [1.54, 1.807) is 4.90 Å². The molecule has 0 aliphatic carbocycles. The molecule has 1 aromatic rings. The summed E-state index contributed by atoms with van der Waals surface area (Å²) in [6, 6.07) is 9.98. The van der Waals surface area contributed by atoms with Gasteiger partial charge in [-0.15, -0.1) is 11.8 Å². The molecule has 0 aliphatic rings. The summed E-state index contributed by atoms with van der Waals surface area (Å²) in [6.45, 7) is 4.34. The average molecular weight is 253 g/mol. The Morgan fingerprint density at radius 3 is 2.53 bits per heavy atom. The molecule has 3 nitrogen and oxygen atoms in total. The lowest BCUT2D eigenvalue weighted by Gasteiger charge is -2.25. The van der Waals surface area contributed by atoms with Crippen LogP contribution in [0.5, 0.6) is 0 Å². The molecule has 4 heteroatoms. The van der Waals surface area contributed by atoms with Gasteiger partial charge >= 0.3 is 0 Å². The molecule has 0 atom stereocenters. The van der Waals surface area contributed by atoms with Crippen molar-refractivity contribution in [1.29, 1.82) is 0 Å². The van der Waals surface area contributed by atoms with E-state index in [2.05, 4.69) is 0 Å². The van der Waals surface area contributed by atoms with E-state index in [-0.39, 0.29) is 18.6 Å². The number of benzene rings is 1. The third-order valence-corrected chi connectivity index (χ3v) is 3.39. The fourth-order valence-corrected chi connectivity index (χ4v) is 2.33. The zero-order valence-electron chi connectivity index (χ0n) is 10.3. The number of amides is 1. The van der Waals surface area contributed by atoms with Crippen LogP contribution in [0.15, 0.2) is 35.2 Å². The highest BCUT2D eigenvalue weighted by Gasteiger charge is 2.15. The monoisotopic (exact) mass is 253 g/mol. The van der Waals surface area contributed by atoms with Gasteiger partial charge in [0.2, 0.25) is 5.91 Å². The third kappa shape index (κ3) is 4.79. The van der Waals surface area contributed by atoms with Gasteiger partial charge in [0, 0.05) is 17.5 Å². The van der Waals surface area contributed by atoms with E-state index >= 15 is 0 Å². The molecule has 0 unspecified atom stereocenters.